The molecule has 1 aliphatic heterocycles. The number of morpholine rings is 1. The molecule has 0 aromatic rings. The number of nitrogens with zero attached hydrogens (tertiary/aromatic N) is 1. The van der Waals surface area contributed by atoms with E-state index in [9.17, 15) is 5.11 Å². The molecule has 5 nitrogen and oxygen atoms in total. The number of aliphatic hydroxyl groups excluding tert-OH is 1. The first-order valence-electron chi connectivity index (χ1n) is 6.37. The van der Waals surface area contributed by atoms with Crippen LogP contribution in [0.2, 0.25) is 0 Å². The lowest BCUT2D eigenvalue weighted by atomic mass is 10.2. The van der Waals surface area contributed by atoms with Gasteiger partial charge in [0, 0.05) is 39.8 Å². The molecule has 1 saturated heterocycles. The number of methoxy groups -OCH3 is 1. The lowest BCUT2D eigenvalue weighted by molar-refractivity contribution is -0.0762. The smallest absolute Gasteiger partial charge is 0.0791 e. The summed E-state index contributed by atoms with van der Waals surface area (Å²) in [5.74, 6) is 0. The van der Waals surface area contributed by atoms with E-state index in [1.807, 2.05) is 0 Å². The SMILES string of the molecule is COCCNCC(O)CN1CC(C)OC(C)C1. The molecule has 3 atom stereocenters. The fraction of sp³-hybridized carbons (Fsp3) is 1.00. The van der Waals surface area contributed by atoms with E-state index >= 15 is 0 Å². The Kier molecular flexibility index (Phi) is 6.99. The molecule has 102 valence electrons. The van der Waals surface area contributed by atoms with Crippen molar-refractivity contribution >= 4 is 0 Å². The highest BCUT2D eigenvalue weighted by Crippen LogP contribution is 2.10. The third-order valence-electron chi connectivity index (χ3n) is 2.83. The van der Waals surface area contributed by atoms with Crippen molar-refractivity contribution in [1.82, 2.24) is 10.2 Å². The molecule has 5 heteroatoms. The van der Waals surface area contributed by atoms with Gasteiger partial charge in [-0.15, -0.1) is 0 Å². The van der Waals surface area contributed by atoms with Crippen molar-refractivity contribution in [1.29, 1.82) is 0 Å². The fourth-order valence-electron chi connectivity index (χ4n) is 2.24. The van der Waals surface area contributed by atoms with E-state index in [0.29, 0.717) is 19.7 Å². The van der Waals surface area contributed by atoms with Gasteiger partial charge in [-0.3, -0.25) is 4.90 Å². The Morgan fingerprint density at radius 1 is 1.41 bits per heavy atom. The number of aliphatic hydroxyl groups is 1. The summed E-state index contributed by atoms with van der Waals surface area (Å²) >= 11 is 0. The van der Waals surface area contributed by atoms with Crippen LogP contribution in [-0.4, -0.2) is 74.8 Å². The normalized spacial score (nSPS) is 28.2. The van der Waals surface area contributed by atoms with Crippen LogP contribution in [0, 0.1) is 0 Å². The van der Waals surface area contributed by atoms with Gasteiger partial charge in [-0.2, -0.15) is 0 Å². The standard InChI is InChI=1S/C12H26N2O3/c1-10-7-14(8-11(2)17-10)9-12(15)6-13-4-5-16-3/h10-13,15H,4-9H2,1-3H3. The molecule has 0 radical (unpaired) electrons. The second-order valence-electron chi connectivity index (χ2n) is 4.83. The number of hydrogen-bond donors (Lipinski definition) is 2. The maximum Gasteiger partial charge on any atom is 0.0791 e. The zero-order valence-corrected chi connectivity index (χ0v) is 11.2. The molecule has 0 amide bonds. The second kappa shape index (κ2) is 8.00. The summed E-state index contributed by atoms with van der Waals surface area (Å²) in [4.78, 5) is 2.27. The van der Waals surface area contributed by atoms with E-state index in [-0.39, 0.29) is 18.3 Å². The molecule has 0 saturated carbocycles. The minimum atomic E-state index is -0.329. The van der Waals surface area contributed by atoms with E-state index in [4.69, 9.17) is 9.47 Å². The van der Waals surface area contributed by atoms with Crippen LogP contribution in [0.1, 0.15) is 13.8 Å². The van der Waals surface area contributed by atoms with Crippen molar-refractivity contribution in [2.75, 3.05) is 46.4 Å². The van der Waals surface area contributed by atoms with Gasteiger partial charge in [0.15, 0.2) is 0 Å². The van der Waals surface area contributed by atoms with E-state index in [2.05, 4.69) is 24.1 Å². The molecule has 2 N–H and O–H groups in total. The summed E-state index contributed by atoms with van der Waals surface area (Å²) in [6, 6.07) is 0. The van der Waals surface area contributed by atoms with Crippen molar-refractivity contribution in [3.63, 3.8) is 0 Å². The Morgan fingerprint density at radius 2 is 2.06 bits per heavy atom. The zero-order chi connectivity index (χ0) is 12.7. The van der Waals surface area contributed by atoms with Crippen molar-refractivity contribution in [2.24, 2.45) is 0 Å². The van der Waals surface area contributed by atoms with Gasteiger partial charge in [0.1, 0.15) is 0 Å². The molecule has 0 aromatic heterocycles. The van der Waals surface area contributed by atoms with Crippen LogP contribution in [-0.2, 0) is 9.47 Å². The van der Waals surface area contributed by atoms with Gasteiger partial charge in [-0.25, -0.2) is 0 Å². The van der Waals surface area contributed by atoms with E-state index < -0.39 is 0 Å². The molecule has 17 heavy (non-hydrogen) atoms. The van der Waals surface area contributed by atoms with Gasteiger partial charge in [0.05, 0.1) is 24.9 Å². The first kappa shape index (κ1) is 14.9. The molecule has 0 bridgehead atoms. The number of β-amino-alcohol motifs (C(OH)–C–C–N with tert-alkyl or cyclic N) is 1. The minimum absolute atomic E-state index is 0.257. The molecule has 3 unspecified atom stereocenters. The Balaban J connectivity index is 2.14. The van der Waals surface area contributed by atoms with Gasteiger partial charge in [-0.1, -0.05) is 0 Å². The Bertz CT molecular complexity index is 194. The molecular formula is C12H26N2O3. The number of hydrogen-bond acceptors (Lipinski definition) is 5. The fourth-order valence-corrected chi connectivity index (χ4v) is 2.24. The highest BCUT2D eigenvalue weighted by Gasteiger charge is 2.23. The summed E-state index contributed by atoms with van der Waals surface area (Å²) < 4.78 is 10.6. The maximum atomic E-state index is 9.89. The predicted molar refractivity (Wildman–Crippen MR) is 67.2 cm³/mol. The van der Waals surface area contributed by atoms with E-state index in [0.717, 1.165) is 19.6 Å². The zero-order valence-electron chi connectivity index (χ0n) is 11.2. The Morgan fingerprint density at radius 3 is 2.65 bits per heavy atom. The molecule has 1 fully saturated rings. The van der Waals surface area contributed by atoms with E-state index in [1.54, 1.807) is 7.11 Å². The minimum Gasteiger partial charge on any atom is -0.390 e. The first-order valence-corrected chi connectivity index (χ1v) is 6.37. The third-order valence-corrected chi connectivity index (χ3v) is 2.83. The van der Waals surface area contributed by atoms with Gasteiger partial charge in [-0.05, 0) is 13.8 Å². The molecule has 0 aromatic carbocycles. The summed E-state index contributed by atoms with van der Waals surface area (Å²) in [6.45, 7) is 8.74. The topological polar surface area (TPSA) is 54.0 Å². The number of nitrogens with one attached hydrogen (secondary N) is 1. The summed E-state index contributed by atoms with van der Waals surface area (Å²) in [5, 5.41) is 13.1. The van der Waals surface area contributed by atoms with Crippen LogP contribution in [0.5, 0.6) is 0 Å². The lowest BCUT2D eigenvalue weighted by Gasteiger charge is -2.36. The average molecular weight is 246 g/mol. The largest absolute Gasteiger partial charge is 0.390 e. The van der Waals surface area contributed by atoms with Crippen molar-refractivity contribution < 1.29 is 14.6 Å². The third kappa shape index (κ3) is 6.33. The lowest BCUT2D eigenvalue weighted by Crippen LogP contribution is -2.49. The highest BCUT2D eigenvalue weighted by molar-refractivity contribution is 4.76. The number of rotatable bonds is 7. The van der Waals surface area contributed by atoms with Crippen molar-refractivity contribution in [3.05, 3.63) is 0 Å². The van der Waals surface area contributed by atoms with Gasteiger partial charge < -0.3 is 19.9 Å². The number of ether oxygens (including phenoxy) is 2. The Hall–Kier alpha value is -0.200. The summed E-state index contributed by atoms with van der Waals surface area (Å²) in [5.41, 5.74) is 0. The summed E-state index contributed by atoms with van der Waals surface area (Å²) in [6.07, 6.45) is 0.184. The highest BCUT2D eigenvalue weighted by atomic mass is 16.5. The van der Waals surface area contributed by atoms with Gasteiger partial charge >= 0.3 is 0 Å². The monoisotopic (exact) mass is 246 g/mol. The molecule has 1 aliphatic rings. The van der Waals surface area contributed by atoms with Crippen LogP contribution in [0.3, 0.4) is 0 Å². The van der Waals surface area contributed by atoms with Gasteiger partial charge in [0.25, 0.3) is 0 Å². The first-order chi connectivity index (χ1) is 8.11. The quantitative estimate of drug-likeness (QED) is 0.604. The van der Waals surface area contributed by atoms with E-state index in [1.165, 1.54) is 0 Å². The second-order valence-corrected chi connectivity index (χ2v) is 4.83. The van der Waals surface area contributed by atoms with Crippen LogP contribution in [0.25, 0.3) is 0 Å². The van der Waals surface area contributed by atoms with Crippen molar-refractivity contribution in [3.8, 4) is 0 Å². The van der Waals surface area contributed by atoms with Crippen LogP contribution in [0.15, 0.2) is 0 Å². The molecule has 0 spiro atoms. The van der Waals surface area contributed by atoms with Crippen molar-refractivity contribution in [2.45, 2.75) is 32.2 Å². The maximum absolute atomic E-state index is 9.89. The van der Waals surface area contributed by atoms with Crippen LogP contribution < -0.4 is 5.32 Å². The molecular weight excluding hydrogens is 220 g/mol. The van der Waals surface area contributed by atoms with Gasteiger partial charge in [0.2, 0.25) is 0 Å². The Labute approximate surface area is 104 Å². The predicted octanol–water partition coefficient (Wildman–Crippen LogP) is -0.307. The molecule has 1 rings (SSSR count). The molecule has 1 heterocycles. The molecule has 0 aliphatic carbocycles. The van der Waals surface area contributed by atoms with Crippen LogP contribution >= 0.6 is 0 Å². The summed E-state index contributed by atoms with van der Waals surface area (Å²) in [7, 11) is 1.68. The van der Waals surface area contributed by atoms with Crippen LogP contribution in [0.4, 0.5) is 0 Å². The average Bonchev–Trinajstić information content (AvgIpc) is 2.23.